The standard InChI is InChI=1S/C49H60FN9O3/c1-8-19-51-47(31(3)4)33(6)42(9-2)34-10-11-36-27-52-48(54-44(36)24-34)53-39-14-12-35(43(50)26-39)25-46(61)56(7)28-32(5)57-20-16-40(17-21-57)58-29-37-13-15-41(23-38(37)30-58)59-22-18-45(60)55-49(59)62/h9-15,23-24,26-27,32,40,51H,2,8,16-22,25,28-30H2,1,3-7H3,(H,52,53,54)(H,55,60,62)/b42-33+. The summed E-state index contributed by atoms with van der Waals surface area (Å²) in [4.78, 5) is 55.0. The first-order chi connectivity index (χ1) is 29.8. The van der Waals surface area contributed by atoms with E-state index in [2.05, 4.69) is 90.1 Å². The summed E-state index contributed by atoms with van der Waals surface area (Å²) in [6.07, 6.45) is 6.97. The van der Waals surface area contributed by atoms with Crippen LogP contribution in [-0.4, -0.2) is 94.4 Å². The summed E-state index contributed by atoms with van der Waals surface area (Å²) in [6.45, 7) is 20.1. The Morgan fingerprint density at radius 2 is 1.81 bits per heavy atom. The van der Waals surface area contributed by atoms with Crippen LogP contribution in [0.25, 0.3) is 16.5 Å². The predicted octanol–water partition coefficient (Wildman–Crippen LogP) is 8.08. The fraction of sp³-hybridized carbons (Fsp3) is 0.408. The summed E-state index contributed by atoms with van der Waals surface area (Å²) in [5, 5.41) is 10.0. The second-order valence-corrected chi connectivity index (χ2v) is 17.1. The summed E-state index contributed by atoms with van der Waals surface area (Å²) in [5.41, 5.74) is 10.3. The van der Waals surface area contributed by atoms with E-state index in [4.69, 9.17) is 4.98 Å². The van der Waals surface area contributed by atoms with Gasteiger partial charge in [-0.1, -0.05) is 49.4 Å². The number of piperidine rings is 1. The van der Waals surface area contributed by atoms with Gasteiger partial charge >= 0.3 is 6.03 Å². The van der Waals surface area contributed by atoms with Gasteiger partial charge in [0.05, 0.1) is 11.9 Å². The van der Waals surface area contributed by atoms with Gasteiger partial charge in [0, 0.05) is 86.9 Å². The molecule has 13 heteroatoms. The number of aromatic nitrogens is 2. The Kier molecular flexibility index (Phi) is 13.8. The second-order valence-electron chi connectivity index (χ2n) is 17.1. The number of anilines is 3. The van der Waals surface area contributed by atoms with Crippen LogP contribution in [0.4, 0.5) is 26.5 Å². The fourth-order valence-electron chi connectivity index (χ4n) is 8.95. The third kappa shape index (κ3) is 10.1. The Morgan fingerprint density at radius 3 is 2.52 bits per heavy atom. The van der Waals surface area contributed by atoms with Gasteiger partial charge in [-0.25, -0.2) is 19.2 Å². The normalized spacial score (nSPS) is 17.0. The van der Waals surface area contributed by atoms with Crippen LogP contribution in [0.3, 0.4) is 0 Å². The fourth-order valence-corrected chi connectivity index (χ4v) is 8.95. The number of likely N-dealkylation sites (tertiary alicyclic amines) is 1. The number of nitrogens with zero attached hydrogens (tertiary/aromatic N) is 6. The molecule has 4 heterocycles. The first-order valence-corrected chi connectivity index (χ1v) is 21.8. The Bertz CT molecular complexity index is 2420. The van der Waals surface area contributed by atoms with Gasteiger partial charge < -0.3 is 15.5 Å². The van der Waals surface area contributed by atoms with Crippen molar-refractivity contribution in [3.63, 3.8) is 0 Å². The lowest BCUT2D eigenvalue weighted by Gasteiger charge is -2.40. The molecule has 2 fully saturated rings. The lowest BCUT2D eigenvalue weighted by atomic mass is 9.96. The zero-order valence-electron chi connectivity index (χ0n) is 37.0. The maximum Gasteiger partial charge on any atom is 0.328 e. The quantitative estimate of drug-likeness (QED) is 0.102. The molecule has 3 aliphatic heterocycles. The van der Waals surface area contributed by atoms with Crippen LogP contribution in [0.2, 0.25) is 0 Å². The zero-order valence-corrected chi connectivity index (χ0v) is 37.0. The van der Waals surface area contributed by atoms with Gasteiger partial charge in [0.1, 0.15) is 5.82 Å². The minimum atomic E-state index is -0.466. The monoisotopic (exact) mass is 841 g/mol. The van der Waals surface area contributed by atoms with Crippen LogP contribution in [0.5, 0.6) is 0 Å². The molecule has 12 nitrogen and oxygen atoms in total. The van der Waals surface area contributed by atoms with E-state index in [1.165, 1.54) is 22.8 Å². The third-order valence-electron chi connectivity index (χ3n) is 12.5. The number of hydrogen-bond donors (Lipinski definition) is 3. The van der Waals surface area contributed by atoms with E-state index in [0.717, 1.165) is 91.0 Å². The van der Waals surface area contributed by atoms with Crippen LogP contribution >= 0.6 is 0 Å². The highest BCUT2D eigenvalue weighted by atomic mass is 19.1. The molecule has 7 rings (SSSR count). The van der Waals surface area contributed by atoms with E-state index >= 15 is 4.39 Å². The first-order valence-electron chi connectivity index (χ1n) is 21.8. The molecule has 0 spiro atoms. The molecule has 1 aromatic heterocycles. The molecule has 62 heavy (non-hydrogen) atoms. The van der Waals surface area contributed by atoms with Gasteiger partial charge in [-0.05, 0) is 124 Å². The van der Waals surface area contributed by atoms with Crippen molar-refractivity contribution in [1.29, 1.82) is 0 Å². The molecule has 0 aliphatic carbocycles. The SMILES string of the molecule is C=C/C(=C(/C)C(NCCC)=C(C)C)c1ccc2cnc(Nc3ccc(CC(=O)N(C)CC(C)N4CCC(N5Cc6ccc(N7CCC(=O)NC7=O)cc6C5)CC4)c(F)c3)nc2c1. The topological polar surface area (TPSA) is 126 Å². The van der Waals surface area contributed by atoms with Crippen molar-refractivity contribution in [3.8, 4) is 0 Å². The van der Waals surface area contributed by atoms with E-state index in [1.807, 2.05) is 24.3 Å². The molecule has 3 aliphatic rings. The van der Waals surface area contributed by atoms with Crippen molar-refractivity contribution in [2.75, 3.05) is 50.0 Å². The third-order valence-corrected chi connectivity index (χ3v) is 12.5. The maximum absolute atomic E-state index is 15.5. The predicted molar refractivity (Wildman–Crippen MR) is 245 cm³/mol. The number of allylic oxidation sites excluding steroid dienone is 4. The number of likely N-dealkylation sites (N-methyl/N-ethyl adjacent to an activating group) is 1. The summed E-state index contributed by atoms with van der Waals surface area (Å²) >= 11 is 0. The number of urea groups is 1. The molecule has 0 radical (unpaired) electrons. The van der Waals surface area contributed by atoms with Gasteiger partial charge in [0.2, 0.25) is 17.8 Å². The van der Waals surface area contributed by atoms with Gasteiger partial charge in [0.25, 0.3) is 0 Å². The molecular formula is C49H60FN9O3. The van der Waals surface area contributed by atoms with E-state index in [9.17, 15) is 14.4 Å². The molecule has 4 amide bonds. The minimum absolute atomic E-state index is 0.0363. The van der Waals surface area contributed by atoms with Crippen molar-refractivity contribution >= 4 is 51.6 Å². The van der Waals surface area contributed by atoms with Crippen molar-refractivity contribution in [3.05, 3.63) is 118 Å². The number of amides is 4. The van der Waals surface area contributed by atoms with Gasteiger partial charge in [-0.3, -0.25) is 29.6 Å². The summed E-state index contributed by atoms with van der Waals surface area (Å²) in [5.74, 6) is -0.491. The summed E-state index contributed by atoms with van der Waals surface area (Å²) in [7, 11) is 1.79. The van der Waals surface area contributed by atoms with E-state index in [1.54, 1.807) is 35.2 Å². The zero-order chi connectivity index (χ0) is 44.1. The number of rotatable bonds is 15. The maximum atomic E-state index is 15.5. The van der Waals surface area contributed by atoms with E-state index in [-0.39, 0.29) is 30.3 Å². The number of nitrogens with one attached hydrogen (secondary N) is 3. The van der Waals surface area contributed by atoms with Crippen LogP contribution in [0.1, 0.15) is 82.6 Å². The Hall–Kier alpha value is -5.92. The molecule has 0 saturated carbocycles. The van der Waals surface area contributed by atoms with Crippen LogP contribution in [-0.2, 0) is 29.1 Å². The molecule has 1 atom stereocenters. The molecule has 2 saturated heterocycles. The average molecular weight is 842 g/mol. The lowest BCUT2D eigenvalue weighted by molar-refractivity contribution is -0.130. The molecule has 4 aromatic rings. The highest BCUT2D eigenvalue weighted by molar-refractivity contribution is 6.05. The number of imide groups is 1. The number of carbonyl (C=O) groups is 3. The van der Waals surface area contributed by atoms with Crippen molar-refractivity contribution in [2.24, 2.45) is 0 Å². The first kappa shape index (κ1) is 44.1. The van der Waals surface area contributed by atoms with Crippen molar-refractivity contribution in [1.82, 2.24) is 35.3 Å². The van der Waals surface area contributed by atoms with E-state index < -0.39 is 5.82 Å². The van der Waals surface area contributed by atoms with Gasteiger partial charge in [-0.2, -0.15) is 0 Å². The second kappa shape index (κ2) is 19.4. The van der Waals surface area contributed by atoms with Crippen LogP contribution in [0.15, 0.2) is 90.3 Å². The number of fused-ring (bicyclic) bond motifs is 2. The molecule has 326 valence electrons. The van der Waals surface area contributed by atoms with Crippen LogP contribution in [0, 0.1) is 5.82 Å². The Labute approximate surface area is 365 Å². The molecular weight excluding hydrogens is 782 g/mol. The molecule has 3 N–H and O–H groups in total. The highest BCUT2D eigenvalue weighted by Gasteiger charge is 2.32. The highest BCUT2D eigenvalue weighted by Crippen LogP contribution is 2.33. The smallest absolute Gasteiger partial charge is 0.328 e. The number of benzene rings is 3. The van der Waals surface area contributed by atoms with Crippen molar-refractivity contribution in [2.45, 2.75) is 91.9 Å². The molecule has 1 unspecified atom stereocenters. The number of halogens is 1. The average Bonchev–Trinajstić information content (AvgIpc) is 3.68. The summed E-state index contributed by atoms with van der Waals surface area (Å²) < 4.78 is 15.5. The van der Waals surface area contributed by atoms with E-state index in [0.29, 0.717) is 42.8 Å². The number of hydrogen-bond acceptors (Lipinski definition) is 9. The van der Waals surface area contributed by atoms with Crippen molar-refractivity contribution < 1.29 is 18.8 Å². The Morgan fingerprint density at radius 1 is 1.03 bits per heavy atom. The Balaban J connectivity index is 0.902. The van der Waals surface area contributed by atoms with Gasteiger partial charge in [0.15, 0.2) is 0 Å². The molecule has 3 aromatic carbocycles. The summed E-state index contributed by atoms with van der Waals surface area (Å²) in [6, 6.07) is 17.3. The minimum Gasteiger partial charge on any atom is -0.385 e. The largest absolute Gasteiger partial charge is 0.385 e. The molecule has 0 bridgehead atoms. The van der Waals surface area contributed by atoms with Gasteiger partial charge in [-0.15, -0.1) is 0 Å². The lowest BCUT2D eigenvalue weighted by Crippen LogP contribution is -2.49. The van der Waals surface area contributed by atoms with Crippen LogP contribution < -0.4 is 20.9 Å². The number of carbonyl (C=O) groups excluding carboxylic acids is 3.